The van der Waals surface area contributed by atoms with Gasteiger partial charge in [0.1, 0.15) is 5.60 Å². The van der Waals surface area contributed by atoms with E-state index in [9.17, 15) is 4.79 Å². The molecule has 0 aromatic carbocycles. The van der Waals surface area contributed by atoms with Crippen LogP contribution in [-0.4, -0.2) is 36.2 Å². The molecule has 1 heterocycles. The predicted octanol–water partition coefficient (Wildman–Crippen LogP) is 2.29. The molecule has 0 unspecified atom stereocenters. The van der Waals surface area contributed by atoms with Crippen LogP contribution < -0.4 is 5.73 Å². The maximum absolute atomic E-state index is 11.8. The van der Waals surface area contributed by atoms with Crippen LogP contribution in [0.3, 0.4) is 0 Å². The lowest BCUT2D eigenvalue weighted by Crippen LogP contribution is -2.40. The Morgan fingerprint density at radius 2 is 2.00 bits per heavy atom. The molecule has 1 aliphatic heterocycles. The first-order chi connectivity index (χ1) is 7.92. The third-order valence-corrected chi connectivity index (χ3v) is 2.66. The van der Waals surface area contributed by atoms with E-state index in [2.05, 4.69) is 6.08 Å². The molecule has 1 fully saturated rings. The van der Waals surface area contributed by atoms with E-state index < -0.39 is 5.60 Å². The molecule has 0 spiro atoms. The molecule has 0 saturated carbocycles. The first kappa shape index (κ1) is 14.0. The lowest BCUT2D eigenvalue weighted by molar-refractivity contribution is 0.0236. The van der Waals surface area contributed by atoms with Crippen LogP contribution in [0.2, 0.25) is 0 Å². The summed E-state index contributed by atoms with van der Waals surface area (Å²) in [5.41, 5.74) is 6.46. The maximum atomic E-state index is 11.8. The molecule has 0 radical (unpaired) electrons. The fourth-order valence-corrected chi connectivity index (χ4v) is 1.79. The Hall–Kier alpha value is -1.03. The zero-order valence-electron chi connectivity index (χ0n) is 11.2. The summed E-state index contributed by atoms with van der Waals surface area (Å²) >= 11 is 0. The van der Waals surface area contributed by atoms with Crippen molar-refractivity contribution in [3.63, 3.8) is 0 Å². The van der Waals surface area contributed by atoms with E-state index in [0.717, 1.165) is 32.4 Å². The van der Waals surface area contributed by atoms with E-state index >= 15 is 0 Å². The van der Waals surface area contributed by atoms with Crippen LogP contribution in [0.5, 0.6) is 0 Å². The van der Waals surface area contributed by atoms with Crippen molar-refractivity contribution in [1.82, 2.24) is 4.90 Å². The van der Waals surface area contributed by atoms with E-state index in [1.165, 1.54) is 5.57 Å². The lowest BCUT2D eigenvalue weighted by atomic mass is 10.0. The highest BCUT2D eigenvalue weighted by Crippen LogP contribution is 2.19. The Morgan fingerprint density at radius 3 is 2.47 bits per heavy atom. The molecule has 17 heavy (non-hydrogen) atoms. The van der Waals surface area contributed by atoms with Crippen molar-refractivity contribution in [3.8, 4) is 0 Å². The minimum atomic E-state index is -0.410. The van der Waals surface area contributed by atoms with Gasteiger partial charge in [0.05, 0.1) is 0 Å². The molecule has 4 heteroatoms. The number of hydrogen-bond acceptors (Lipinski definition) is 3. The van der Waals surface area contributed by atoms with Gasteiger partial charge in [-0.05, 0) is 46.6 Å². The van der Waals surface area contributed by atoms with Crippen LogP contribution in [0.1, 0.15) is 40.0 Å². The van der Waals surface area contributed by atoms with Crippen molar-refractivity contribution in [2.75, 3.05) is 19.6 Å². The molecule has 0 aromatic heterocycles. The van der Waals surface area contributed by atoms with Crippen LogP contribution in [0.4, 0.5) is 4.79 Å². The number of amides is 1. The molecule has 98 valence electrons. The number of nitrogens with two attached hydrogens (primary N) is 1. The first-order valence-electron chi connectivity index (χ1n) is 6.28. The number of ether oxygens (including phenoxy) is 1. The SMILES string of the molecule is CC(C)(C)OC(=O)N1CCC(=CCCN)CC1. The molecule has 2 N–H and O–H groups in total. The molecule has 0 bridgehead atoms. The van der Waals surface area contributed by atoms with E-state index in [-0.39, 0.29) is 6.09 Å². The van der Waals surface area contributed by atoms with Gasteiger partial charge >= 0.3 is 6.09 Å². The standard InChI is InChI=1S/C13H24N2O2/c1-13(2,3)17-12(16)15-9-6-11(7-10-15)5-4-8-14/h5H,4,6-10,14H2,1-3H3. The average molecular weight is 240 g/mol. The fourth-order valence-electron chi connectivity index (χ4n) is 1.79. The second kappa shape index (κ2) is 6.05. The van der Waals surface area contributed by atoms with Crippen molar-refractivity contribution in [2.45, 2.75) is 45.6 Å². The number of hydrogen-bond donors (Lipinski definition) is 1. The molecule has 1 aliphatic rings. The maximum Gasteiger partial charge on any atom is 0.410 e. The molecule has 1 amide bonds. The Balaban J connectivity index is 2.39. The van der Waals surface area contributed by atoms with E-state index in [4.69, 9.17) is 10.5 Å². The molecule has 4 nitrogen and oxygen atoms in total. The number of nitrogens with zero attached hydrogens (tertiary/aromatic N) is 1. The Labute approximate surface area is 104 Å². The van der Waals surface area contributed by atoms with Crippen molar-refractivity contribution < 1.29 is 9.53 Å². The zero-order chi connectivity index (χ0) is 12.9. The van der Waals surface area contributed by atoms with Gasteiger partial charge in [0, 0.05) is 13.1 Å². The zero-order valence-corrected chi connectivity index (χ0v) is 11.2. The highest BCUT2D eigenvalue weighted by molar-refractivity contribution is 5.68. The van der Waals surface area contributed by atoms with Gasteiger partial charge < -0.3 is 15.4 Å². The van der Waals surface area contributed by atoms with Gasteiger partial charge in [0.25, 0.3) is 0 Å². The monoisotopic (exact) mass is 240 g/mol. The molecule has 0 aliphatic carbocycles. The summed E-state index contributed by atoms with van der Waals surface area (Å²) < 4.78 is 5.34. The van der Waals surface area contributed by atoms with Gasteiger partial charge in [-0.3, -0.25) is 0 Å². The predicted molar refractivity (Wildman–Crippen MR) is 68.8 cm³/mol. The molecule has 1 rings (SSSR count). The number of carbonyl (C=O) groups excluding carboxylic acids is 1. The smallest absolute Gasteiger partial charge is 0.410 e. The van der Waals surface area contributed by atoms with E-state index in [0.29, 0.717) is 6.54 Å². The lowest BCUT2D eigenvalue weighted by Gasteiger charge is -2.31. The minimum absolute atomic E-state index is 0.199. The highest BCUT2D eigenvalue weighted by Gasteiger charge is 2.24. The van der Waals surface area contributed by atoms with Gasteiger partial charge in [-0.2, -0.15) is 0 Å². The number of likely N-dealkylation sites (tertiary alicyclic amines) is 1. The number of piperidine rings is 1. The number of carbonyl (C=O) groups is 1. The van der Waals surface area contributed by atoms with Gasteiger partial charge in [0.2, 0.25) is 0 Å². The molecular formula is C13H24N2O2. The highest BCUT2D eigenvalue weighted by atomic mass is 16.6. The van der Waals surface area contributed by atoms with Crippen molar-refractivity contribution >= 4 is 6.09 Å². The Kier molecular flexibility index (Phi) is 5.00. The summed E-state index contributed by atoms with van der Waals surface area (Å²) in [6.45, 7) is 7.88. The molecular weight excluding hydrogens is 216 g/mol. The largest absolute Gasteiger partial charge is 0.444 e. The third-order valence-electron chi connectivity index (χ3n) is 2.66. The Morgan fingerprint density at radius 1 is 1.41 bits per heavy atom. The minimum Gasteiger partial charge on any atom is -0.444 e. The summed E-state index contributed by atoms with van der Waals surface area (Å²) in [5.74, 6) is 0. The summed E-state index contributed by atoms with van der Waals surface area (Å²) in [6.07, 6.45) is 4.82. The van der Waals surface area contributed by atoms with Crippen LogP contribution >= 0.6 is 0 Å². The second-order valence-electron chi connectivity index (χ2n) is 5.41. The van der Waals surface area contributed by atoms with Crippen LogP contribution in [-0.2, 0) is 4.74 Å². The first-order valence-corrected chi connectivity index (χ1v) is 6.28. The van der Waals surface area contributed by atoms with Gasteiger partial charge in [-0.1, -0.05) is 11.6 Å². The van der Waals surface area contributed by atoms with Crippen molar-refractivity contribution in [2.24, 2.45) is 5.73 Å². The van der Waals surface area contributed by atoms with Crippen molar-refractivity contribution in [3.05, 3.63) is 11.6 Å². The second-order valence-corrected chi connectivity index (χ2v) is 5.41. The summed E-state index contributed by atoms with van der Waals surface area (Å²) in [6, 6.07) is 0. The topological polar surface area (TPSA) is 55.6 Å². The molecule has 0 aromatic rings. The van der Waals surface area contributed by atoms with Gasteiger partial charge in [-0.25, -0.2) is 4.79 Å². The van der Waals surface area contributed by atoms with Gasteiger partial charge in [0.15, 0.2) is 0 Å². The van der Waals surface area contributed by atoms with Crippen LogP contribution in [0.25, 0.3) is 0 Å². The average Bonchev–Trinajstić information content (AvgIpc) is 2.24. The number of rotatable bonds is 2. The van der Waals surface area contributed by atoms with E-state index in [1.807, 2.05) is 20.8 Å². The Bertz CT molecular complexity index is 282. The normalized spacial score (nSPS) is 16.9. The fraction of sp³-hybridized carbons (Fsp3) is 0.769. The summed E-state index contributed by atoms with van der Waals surface area (Å²) in [4.78, 5) is 13.6. The molecule has 1 saturated heterocycles. The van der Waals surface area contributed by atoms with Crippen molar-refractivity contribution in [1.29, 1.82) is 0 Å². The summed E-state index contributed by atoms with van der Waals surface area (Å²) in [5, 5.41) is 0. The quantitative estimate of drug-likeness (QED) is 0.753. The van der Waals surface area contributed by atoms with Gasteiger partial charge in [-0.15, -0.1) is 0 Å². The molecule has 0 atom stereocenters. The summed E-state index contributed by atoms with van der Waals surface area (Å²) in [7, 11) is 0. The third kappa shape index (κ3) is 5.22. The van der Waals surface area contributed by atoms with Crippen LogP contribution in [0.15, 0.2) is 11.6 Å². The van der Waals surface area contributed by atoms with E-state index in [1.54, 1.807) is 4.90 Å². The van der Waals surface area contributed by atoms with Crippen LogP contribution in [0, 0.1) is 0 Å².